The molecule has 11 aromatic carbocycles. The summed E-state index contributed by atoms with van der Waals surface area (Å²) in [6.07, 6.45) is 0. The van der Waals surface area contributed by atoms with Crippen molar-refractivity contribution in [3.8, 4) is 50.6 Å². The molecule has 0 N–H and O–H groups in total. The molecule has 0 bridgehead atoms. The van der Waals surface area contributed by atoms with E-state index in [-0.39, 0.29) is 6.71 Å². The Balaban J connectivity index is 0.974. The topological polar surface area (TPSA) is 43.7 Å². The van der Waals surface area contributed by atoms with Gasteiger partial charge in [-0.3, -0.25) is 0 Å². The number of nitrogens with zero attached hydrogens (tertiary/aromatic N) is 2. The van der Waals surface area contributed by atoms with Crippen LogP contribution in [0.2, 0.25) is 0 Å². The maximum Gasteiger partial charge on any atom is 0.256 e. The monoisotopic (exact) mass is 918 g/mol. The predicted octanol–water partition coefficient (Wildman–Crippen LogP) is 16.0. The fourth-order valence-corrected chi connectivity index (χ4v) is 12.1. The molecule has 0 unspecified atom stereocenters. The molecule has 0 radical (unpaired) electrons. The van der Waals surface area contributed by atoms with E-state index in [9.17, 15) is 0 Å². The maximum atomic E-state index is 7.41. The molecule has 0 saturated heterocycles. The molecule has 5 heterocycles. The van der Waals surface area contributed by atoms with Crippen molar-refractivity contribution in [1.82, 2.24) is 4.57 Å². The maximum absolute atomic E-state index is 7.41. The zero-order chi connectivity index (χ0) is 47.0. The smallest absolute Gasteiger partial charge is 0.256 e. The number of anilines is 3. The number of ether oxygens (including phenoxy) is 1. The van der Waals surface area contributed by atoms with E-state index in [1.54, 1.807) is 0 Å². The fourth-order valence-electron chi connectivity index (χ4n) is 12.1. The van der Waals surface area contributed by atoms with Gasteiger partial charge < -0.3 is 23.0 Å². The fraction of sp³-hybridized carbons (Fsp3) is 0. The van der Waals surface area contributed by atoms with E-state index in [1.807, 2.05) is 18.2 Å². The van der Waals surface area contributed by atoms with Gasteiger partial charge in [0.1, 0.15) is 33.8 Å². The van der Waals surface area contributed by atoms with Gasteiger partial charge in [-0.1, -0.05) is 164 Å². The largest absolute Gasteiger partial charge is 0.458 e. The highest BCUT2D eigenvalue weighted by molar-refractivity contribution is 6.99. The highest BCUT2D eigenvalue weighted by atomic mass is 16.5. The lowest BCUT2D eigenvalue weighted by Gasteiger charge is -2.40. The molecule has 14 aromatic rings. The third-order valence-corrected chi connectivity index (χ3v) is 15.3. The molecule has 6 heteroatoms. The Morgan fingerprint density at radius 1 is 0.333 bits per heavy atom. The molecule has 334 valence electrons. The summed E-state index contributed by atoms with van der Waals surface area (Å²) in [5.41, 5.74) is 20.3. The molecule has 0 fully saturated rings. The molecule has 0 saturated carbocycles. The SMILES string of the molecule is c1ccc(-c2ccc(N3c4cc(-c5cccc6oc7ccccc7c56)ccc4B4c5ccc(-c6cccc7oc8ccccc8c67)cc5Oc5cc(-n6c7ccccc7c7ccccc76)cc3c54)cc2)cc1. The summed E-state index contributed by atoms with van der Waals surface area (Å²) >= 11 is 0. The second-order valence-corrected chi connectivity index (χ2v) is 19.1. The third-order valence-electron chi connectivity index (χ3n) is 15.3. The van der Waals surface area contributed by atoms with Gasteiger partial charge in [0.05, 0.1) is 16.7 Å². The van der Waals surface area contributed by atoms with Crippen molar-refractivity contribution in [3.63, 3.8) is 0 Å². The Kier molecular flexibility index (Phi) is 8.19. The predicted molar refractivity (Wildman–Crippen MR) is 298 cm³/mol. The Bertz CT molecular complexity index is 4510. The molecule has 2 aliphatic rings. The summed E-state index contributed by atoms with van der Waals surface area (Å²) in [5, 5.41) is 6.83. The number of hydrogen-bond acceptors (Lipinski definition) is 4. The number of benzene rings is 11. The lowest BCUT2D eigenvalue weighted by atomic mass is 9.34. The lowest BCUT2D eigenvalue weighted by Crippen LogP contribution is -2.59. The number of para-hydroxylation sites is 4. The summed E-state index contributed by atoms with van der Waals surface area (Å²) in [5.74, 6) is 1.67. The van der Waals surface area contributed by atoms with Gasteiger partial charge >= 0.3 is 0 Å². The highest BCUT2D eigenvalue weighted by Gasteiger charge is 2.43. The van der Waals surface area contributed by atoms with E-state index in [0.29, 0.717) is 0 Å². The van der Waals surface area contributed by atoms with Crippen molar-refractivity contribution in [1.29, 1.82) is 0 Å². The van der Waals surface area contributed by atoms with Crippen LogP contribution in [-0.2, 0) is 0 Å². The minimum absolute atomic E-state index is 0.139. The number of furan rings is 2. The summed E-state index contributed by atoms with van der Waals surface area (Å²) in [7, 11) is 0. The van der Waals surface area contributed by atoms with Crippen LogP contribution in [0, 0.1) is 0 Å². The van der Waals surface area contributed by atoms with Gasteiger partial charge in [-0.05, 0) is 116 Å². The Morgan fingerprint density at radius 3 is 1.51 bits per heavy atom. The van der Waals surface area contributed by atoms with Crippen LogP contribution in [0.15, 0.2) is 245 Å². The number of aromatic nitrogens is 1. The first-order valence-electron chi connectivity index (χ1n) is 24.6. The lowest BCUT2D eigenvalue weighted by molar-refractivity contribution is 0.487. The van der Waals surface area contributed by atoms with Gasteiger partial charge in [-0.15, -0.1) is 0 Å². The highest BCUT2D eigenvalue weighted by Crippen LogP contribution is 2.47. The van der Waals surface area contributed by atoms with E-state index < -0.39 is 0 Å². The van der Waals surface area contributed by atoms with Crippen LogP contribution in [0.3, 0.4) is 0 Å². The van der Waals surface area contributed by atoms with Gasteiger partial charge in [0.25, 0.3) is 6.71 Å². The zero-order valence-electron chi connectivity index (χ0n) is 38.7. The van der Waals surface area contributed by atoms with Crippen molar-refractivity contribution >= 4 is 106 Å². The first-order valence-corrected chi connectivity index (χ1v) is 24.6. The van der Waals surface area contributed by atoms with Crippen LogP contribution in [0.1, 0.15) is 0 Å². The molecule has 0 spiro atoms. The first kappa shape index (κ1) is 39.3. The number of hydrogen-bond donors (Lipinski definition) is 0. The van der Waals surface area contributed by atoms with Crippen molar-refractivity contribution < 1.29 is 13.6 Å². The molecular formula is C66H39BN2O3. The Morgan fingerprint density at radius 2 is 0.861 bits per heavy atom. The van der Waals surface area contributed by atoms with Gasteiger partial charge in [-0.25, -0.2) is 0 Å². The van der Waals surface area contributed by atoms with Crippen LogP contribution < -0.4 is 26.0 Å². The van der Waals surface area contributed by atoms with Crippen molar-refractivity contribution in [2.24, 2.45) is 0 Å². The Hall–Kier alpha value is -9.52. The van der Waals surface area contributed by atoms with E-state index in [2.05, 4.69) is 228 Å². The van der Waals surface area contributed by atoms with E-state index in [1.165, 1.54) is 21.8 Å². The third kappa shape index (κ3) is 5.66. The molecule has 16 rings (SSSR count). The second kappa shape index (κ2) is 15.0. The quantitative estimate of drug-likeness (QED) is 0.161. The average Bonchev–Trinajstić information content (AvgIpc) is 4.13. The second-order valence-electron chi connectivity index (χ2n) is 19.1. The summed E-state index contributed by atoms with van der Waals surface area (Å²) < 4.78 is 22.7. The van der Waals surface area contributed by atoms with Gasteiger partial charge in [0.2, 0.25) is 0 Å². The molecule has 5 nitrogen and oxygen atoms in total. The number of rotatable bonds is 5. The van der Waals surface area contributed by atoms with Crippen molar-refractivity contribution in [2.45, 2.75) is 0 Å². The minimum Gasteiger partial charge on any atom is -0.458 e. The summed E-state index contributed by atoms with van der Waals surface area (Å²) in [4.78, 5) is 2.47. The van der Waals surface area contributed by atoms with Gasteiger partial charge in [-0.2, -0.15) is 0 Å². The van der Waals surface area contributed by atoms with E-state index in [4.69, 9.17) is 13.6 Å². The van der Waals surface area contributed by atoms with Gasteiger partial charge in [0.15, 0.2) is 0 Å². The summed E-state index contributed by atoms with van der Waals surface area (Å²) in [6.45, 7) is -0.139. The summed E-state index contributed by atoms with van der Waals surface area (Å²) in [6, 6.07) is 85.1. The minimum atomic E-state index is -0.139. The van der Waals surface area contributed by atoms with Gasteiger partial charge in [0, 0.05) is 55.4 Å². The van der Waals surface area contributed by atoms with E-state index >= 15 is 0 Å². The van der Waals surface area contributed by atoms with E-state index in [0.717, 1.165) is 128 Å². The molecule has 0 amide bonds. The van der Waals surface area contributed by atoms with Crippen LogP contribution in [0.25, 0.3) is 105 Å². The van der Waals surface area contributed by atoms with Crippen LogP contribution in [0.5, 0.6) is 11.5 Å². The molecular weight excluding hydrogens is 880 g/mol. The molecule has 3 aromatic heterocycles. The van der Waals surface area contributed by atoms with Crippen molar-refractivity contribution in [2.75, 3.05) is 4.90 Å². The van der Waals surface area contributed by atoms with Crippen LogP contribution in [0.4, 0.5) is 17.1 Å². The average molecular weight is 919 g/mol. The molecule has 2 aliphatic heterocycles. The standard InChI is InChI=1S/C66H39BN2O3/c1-2-14-40(15-3-1)41-28-32-44(33-29-41)68-56-36-42(46-20-12-26-60-64(46)50-18-6-10-24-58(50)70-60)30-34-52(56)67-53-35-31-43(47-21-13-27-61-65(47)51-19-7-11-25-59(51)71-61)37-62(53)72-63-39-45(38-57(68)66(63)67)69-54-22-8-4-16-48(54)49-17-5-9-23-55(49)69/h1-39H. The van der Waals surface area contributed by atoms with Crippen LogP contribution in [-0.4, -0.2) is 11.3 Å². The first-order chi connectivity index (χ1) is 35.7. The molecule has 0 aliphatic carbocycles. The Labute approximate surface area is 414 Å². The molecule has 0 atom stereocenters. The van der Waals surface area contributed by atoms with Crippen molar-refractivity contribution in [3.05, 3.63) is 237 Å². The molecule has 72 heavy (non-hydrogen) atoms. The van der Waals surface area contributed by atoms with Crippen LogP contribution >= 0.6 is 0 Å². The zero-order valence-corrected chi connectivity index (χ0v) is 38.7. The number of fused-ring (bicyclic) bond motifs is 13. The normalized spacial score (nSPS) is 12.8.